The van der Waals surface area contributed by atoms with Gasteiger partial charge in [-0.05, 0) is 43.2 Å². The highest BCUT2D eigenvalue weighted by Crippen LogP contribution is 2.26. The van der Waals surface area contributed by atoms with E-state index in [-0.39, 0.29) is 5.91 Å². The Balaban J connectivity index is 1.56. The molecule has 1 aromatic heterocycles. The number of carbonyl (C=O) groups excluding carboxylic acids is 1. The van der Waals surface area contributed by atoms with Crippen molar-refractivity contribution in [1.29, 1.82) is 0 Å². The molecule has 0 saturated carbocycles. The molecule has 0 aliphatic heterocycles. The molecule has 0 radical (unpaired) electrons. The van der Waals surface area contributed by atoms with Crippen molar-refractivity contribution in [3.05, 3.63) is 80.7 Å². The monoisotopic (exact) mass is 432 g/mol. The van der Waals surface area contributed by atoms with Crippen LogP contribution in [0.15, 0.2) is 47.0 Å². The summed E-state index contributed by atoms with van der Waals surface area (Å²) in [5.41, 5.74) is 3.50. The van der Waals surface area contributed by atoms with Crippen LogP contribution >= 0.6 is 23.2 Å². The summed E-state index contributed by atoms with van der Waals surface area (Å²) in [7, 11) is 1.75. The van der Waals surface area contributed by atoms with Gasteiger partial charge in [0, 0.05) is 13.6 Å². The highest BCUT2D eigenvalue weighted by molar-refractivity contribution is 6.42. The maximum atomic E-state index is 12.6. The van der Waals surface area contributed by atoms with E-state index in [0.717, 1.165) is 33.9 Å². The average molecular weight is 433 g/mol. The van der Waals surface area contributed by atoms with Crippen LogP contribution in [0.2, 0.25) is 10.0 Å². The van der Waals surface area contributed by atoms with Crippen molar-refractivity contribution in [2.45, 2.75) is 33.4 Å². The lowest BCUT2D eigenvalue weighted by atomic mass is 10.1. The Kier molecular flexibility index (Phi) is 6.83. The number of carbonyl (C=O) groups is 1. The SMILES string of the molecule is Cc1noc(C)c1COc1ccc(CC(=O)N(C)Cc2cccc(Cl)c2Cl)cc1. The van der Waals surface area contributed by atoms with Gasteiger partial charge in [0.1, 0.15) is 18.1 Å². The second-order valence-electron chi connectivity index (χ2n) is 6.87. The number of likely N-dealkylation sites (N-methyl/N-ethyl adjacent to an activating group) is 1. The van der Waals surface area contributed by atoms with Crippen LogP contribution in [0.4, 0.5) is 0 Å². The third kappa shape index (κ3) is 5.31. The molecule has 3 aromatic rings. The number of benzene rings is 2. The van der Waals surface area contributed by atoms with Gasteiger partial charge < -0.3 is 14.2 Å². The molecule has 29 heavy (non-hydrogen) atoms. The second-order valence-corrected chi connectivity index (χ2v) is 7.66. The number of amides is 1. The zero-order valence-electron chi connectivity index (χ0n) is 16.5. The van der Waals surface area contributed by atoms with Crippen LogP contribution in [-0.2, 0) is 24.4 Å². The molecule has 0 saturated heterocycles. The predicted molar refractivity (Wildman–Crippen MR) is 113 cm³/mol. The van der Waals surface area contributed by atoms with Crippen molar-refractivity contribution < 1.29 is 14.1 Å². The van der Waals surface area contributed by atoms with E-state index < -0.39 is 0 Å². The van der Waals surface area contributed by atoms with Crippen molar-refractivity contribution in [3.63, 3.8) is 0 Å². The summed E-state index contributed by atoms with van der Waals surface area (Å²) in [6.45, 7) is 4.54. The first kappa shape index (κ1) is 21.2. The topological polar surface area (TPSA) is 55.6 Å². The highest BCUT2D eigenvalue weighted by atomic mass is 35.5. The molecule has 152 valence electrons. The van der Waals surface area contributed by atoms with Gasteiger partial charge in [0.15, 0.2) is 0 Å². The van der Waals surface area contributed by atoms with Crippen LogP contribution in [0, 0.1) is 13.8 Å². The lowest BCUT2D eigenvalue weighted by Crippen LogP contribution is -2.27. The zero-order chi connectivity index (χ0) is 21.0. The van der Waals surface area contributed by atoms with Crippen LogP contribution in [0.25, 0.3) is 0 Å². The first-order valence-corrected chi connectivity index (χ1v) is 9.91. The van der Waals surface area contributed by atoms with Crippen molar-refractivity contribution in [3.8, 4) is 5.75 Å². The third-order valence-electron chi connectivity index (χ3n) is 4.71. The van der Waals surface area contributed by atoms with Gasteiger partial charge in [-0.15, -0.1) is 0 Å². The molecule has 0 spiro atoms. The van der Waals surface area contributed by atoms with Gasteiger partial charge in [-0.25, -0.2) is 0 Å². The summed E-state index contributed by atoms with van der Waals surface area (Å²) < 4.78 is 10.9. The molecule has 0 bridgehead atoms. The fourth-order valence-electron chi connectivity index (χ4n) is 2.89. The second kappa shape index (κ2) is 9.33. The number of ether oxygens (including phenoxy) is 1. The lowest BCUT2D eigenvalue weighted by Gasteiger charge is -2.18. The zero-order valence-corrected chi connectivity index (χ0v) is 18.0. The molecule has 0 unspecified atom stereocenters. The number of hydrogen-bond acceptors (Lipinski definition) is 4. The van der Waals surface area contributed by atoms with Gasteiger partial charge in [-0.2, -0.15) is 0 Å². The summed E-state index contributed by atoms with van der Waals surface area (Å²) in [5, 5.41) is 4.88. The fourth-order valence-corrected chi connectivity index (χ4v) is 3.27. The van der Waals surface area contributed by atoms with E-state index in [4.69, 9.17) is 32.5 Å². The van der Waals surface area contributed by atoms with Crippen LogP contribution < -0.4 is 4.74 Å². The van der Waals surface area contributed by atoms with Gasteiger partial charge in [0.2, 0.25) is 5.91 Å². The van der Waals surface area contributed by atoms with E-state index in [0.29, 0.717) is 29.6 Å². The van der Waals surface area contributed by atoms with E-state index >= 15 is 0 Å². The molecule has 0 fully saturated rings. The minimum Gasteiger partial charge on any atom is -0.489 e. The summed E-state index contributed by atoms with van der Waals surface area (Å²) >= 11 is 12.3. The number of aryl methyl sites for hydroxylation is 2. The Labute approximate surface area is 180 Å². The van der Waals surface area contributed by atoms with Crippen LogP contribution in [-0.4, -0.2) is 23.0 Å². The Morgan fingerprint density at radius 3 is 2.52 bits per heavy atom. The van der Waals surface area contributed by atoms with Gasteiger partial charge in [0.25, 0.3) is 0 Å². The van der Waals surface area contributed by atoms with Crippen LogP contribution in [0.3, 0.4) is 0 Å². The summed E-state index contributed by atoms with van der Waals surface area (Å²) in [6, 6.07) is 12.9. The van der Waals surface area contributed by atoms with E-state index in [1.165, 1.54) is 0 Å². The number of hydrogen-bond donors (Lipinski definition) is 0. The predicted octanol–water partition coefficient (Wildman–Crippen LogP) is 5.38. The van der Waals surface area contributed by atoms with Crippen LogP contribution in [0.1, 0.15) is 28.1 Å². The highest BCUT2D eigenvalue weighted by Gasteiger charge is 2.14. The van der Waals surface area contributed by atoms with Gasteiger partial charge >= 0.3 is 0 Å². The number of nitrogens with zero attached hydrogens (tertiary/aromatic N) is 2. The summed E-state index contributed by atoms with van der Waals surface area (Å²) in [5.74, 6) is 1.47. The first-order valence-electron chi connectivity index (χ1n) is 9.15. The molecule has 7 heteroatoms. The third-order valence-corrected chi connectivity index (χ3v) is 5.57. The van der Waals surface area contributed by atoms with Crippen molar-refractivity contribution in [1.82, 2.24) is 10.1 Å². The minimum atomic E-state index is -0.00886. The Morgan fingerprint density at radius 1 is 1.14 bits per heavy atom. The quantitative estimate of drug-likeness (QED) is 0.502. The number of rotatable bonds is 7. The Hall–Kier alpha value is -2.50. The first-order chi connectivity index (χ1) is 13.8. The normalized spacial score (nSPS) is 10.8. The largest absolute Gasteiger partial charge is 0.489 e. The molecular weight excluding hydrogens is 411 g/mol. The molecule has 3 rings (SSSR count). The summed E-state index contributed by atoms with van der Waals surface area (Å²) in [6.07, 6.45) is 0.291. The molecule has 1 heterocycles. The number of halogens is 2. The molecule has 0 N–H and O–H groups in total. The van der Waals surface area contributed by atoms with Gasteiger partial charge in [-0.3, -0.25) is 4.79 Å². The average Bonchev–Trinajstić information content (AvgIpc) is 3.02. The molecule has 0 aliphatic carbocycles. The van der Waals surface area contributed by atoms with E-state index in [1.807, 2.05) is 50.2 Å². The van der Waals surface area contributed by atoms with Gasteiger partial charge in [0.05, 0.1) is 27.7 Å². The molecule has 5 nitrogen and oxygen atoms in total. The van der Waals surface area contributed by atoms with E-state index in [9.17, 15) is 4.79 Å². The van der Waals surface area contributed by atoms with E-state index in [1.54, 1.807) is 18.0 Å². The minimum absolute atomic E-state index is 0.00886. The molecular formula is C22H22Cl2N2O3. The van der Waals surface area contributed by atoms with Crippen molar-refractivity contribution in [2.24, 2.45) is 0 Å². The van der Waals surface area contributed by atoms with E-state index in [2.05, 4.69) is 5.16 Å². The van der Waals surface area contributed by atoms with Crippen molar-refractivity contribution in [2.75, 3.05) is 7.05 Å². The Bertz CT molecular complexity index is 980. The lowest BCUT2D eigenvalue weighted by molar-refractivity contribution is -0.129. The fraction of sp³-hybridized carbons (Fsp3) is 0.273. The molecule has 0 atom stereocenters. The standard InChI is InChI=1S/C22H22Cl2N2O3/c1-14-19(15(2)29-25-14)13-28-18-9-7-16(8-10-18)11-21(27)26(3)12-17-5-4-6-20(23)22(17)24/h4-10H,11-13H2,1-3H3. The maximum Gasteiger partial charge on any atom is 0.227 e. The van der Waals surface area contributed by atoms with Gasteiger partial charge in [-0.1, -0.05) is 52.6 Å². The molecule has 2 aromatic carbocycles. The molecule has 0 aliphatic rings. The smallest absolute Gasteiger partial charge is 0.227 e. The van der Waals surface area contributed by atoms with Crippen molar-refractivity contribution >= 4 is 29.1 Å². The summed E-state index contributed by atoms with van der Waals surface area (Å²) in [4.78, 5) is 14.2. The maximum absolute atomic E-state index is 12.6. The number of aromatic nitrogens is 1. The van der Waals surface area contributed by atoms with Crippen LogP contribution in [0.5, 0.6) is 5.75 Å². The molecule has 1 amide bonds. The Morgan fingerprint density at radius 2 is 1.86 bits per heavy atom.